The third kappa shape index (κ3) is 4.40. The smallest absolute Gasteiger partial charge is 0.161 e. The summed E-state index contributed by atoms with van der Waals surface area (Å²) < 4.78 is 10.6. The predicted octanol–water partition coefficient (Wildman–Crippen LogP) is 1.88. The topological polar surface area (TPSA) is 56.5 Å². The van der Waals surface area contributed by atoms with Gasteiger partial charge < -0.3 is 20.5 Å². The van der Waals surface area contributed by atoms with Crippen LogP contribution in [-0.4, -0.2) is 32.8 Å². The minimum atomic E-state index is -0.0234. The van der Waals surface area contributed by atoms with Crippen molar-refractivity contribution < 1.29 is 9.47 Å². The Hall–Kier alpha value is -1.26. The Balaban J connectivity index is 2.73. The zero-order valence-corrected chi connectivity index (χ0v) is 12.7. The molecule has 0 saturated carbocycles. The van der Waals surface area contributed by atoms with Crippen molar-refractivity contribution in [2.24, 2.45) is 5.73 Å². The van der Waals surface area contributed by atoms with Gasteiger partial charge in [0, 0.05) is 12.1 Å². The third-order valence-corrected chi connectivity index (χ3v) is 3.35. The number of nitrogens with one attached hydrogen (secondary N) is 1. The first-order valence-electron chi connectivity index (χ1n) is 6.60. The van der Waals surface area contributed by atoms with Crippen molar-refractivity contribution in [3.8, 4) is 11.5 Å². The van der Waals surface area contributed by atoms with Crippen LogP contribution in [0.2, 0.25) is 0 Å². The van der Waals surface area contributed by atoms with E-state index in [9.17, 15) is 0 Å². The highest BCUT2D eigenvalue weighted by molar-refractivity contribution is 5.47. The molecular formula is C15H26N2O2. The van der Waals surface area contributed by atoms with Gasteiger partial charge in [0.05, 0.1) is 14.2 Å². The largest absolute Gasteiger partial charge is 0.493 e. The van der Waals surface area contributed by atoms with Gasteiger partial charge in [0.1, 0.15) is 0 Å². The molecule has 108 valence electrons. The van der Waals surface area contributed by atoms with Crippen molar-refractivity contribution in [2.75, 3.05) is 27.3 Å². The summed E-state index contributed by atoms with van der Waals surface area (Å²) in [5.41, 5.74) is 8.15. The normalized spacial score (nSPS) is 11.5. The minimum absolute atomic E-state index is 0.0234. The van der Waals surface area contributed by atoms with Crippen LogP contribution in [0.3, 0.4) is 0 Å². The fourth-order valence-corrected chi connectivity index (χ4v) is 1.90. The Morgan fingerprint density at radius 3 is 2.26 bits per heavy atom. The zero-order chi connectivity index (χ0) is 14.5. The number of hydrogen-bond donors (Lipinski definition) is 2. The van der Waals surface area contributed by atoms with Gasteiger partial charge in [-0.25, -0.2) is 0 Å². The molecule has 1 rings (SSSR count). The van der Waals surface area contributed by atoms with Gasteiger partial charge in [-0.3, -0.25) is 0 Å². The lowest BCUT2D eigenvalue weighted by Crippen LogP contribution is -2.46. The van der Waals surface area contributed by atoms with Gasteiger partial charge >= 0.3 is 0 Å². The molecule has 0 spiro atoms. The molecule has 1 aromatic carbocycles. The molecule has 0 aromatic heterocycles. The Bertz CT molecular complexity index is 417. The van der Waals surface area contributed by atoms with Crippen molar-refractivity contribution in [1.29, 1.82) is 0 Å². The van der Waals surface area contributed by atoms with Crippen molar-refractivity contribution in [1.82, 2.24) is 5.32 Å². The molecule has 0 bridgehead atoms. The fourth-order valence-electron chi connectivity index (χ4n) is 1.90. The first-order valence-corrected chi connectivity index (χ1v) is 6.60. The molecule has 4 nitrogen and oxygen atoms in total. The maximum Gasteiger partial charge on any atom is 0.161 e. The van der Waals surface area contributed by atoms with Crippen LogP contribution in [0.25, 0.3) is 0 Å². The number of nitrogens with two attached hydrogens (primary N) is 1. The van der Waals surface area contributed by atoms with Gasteiger partial charge in [0.2, 0.25) is 0 Å². The number of methoxy groups -OCH3 is 2. The third-order valence-electron chi connectivity index (χ3n) is 3.35. The van der Waals surface area contributed by atoms with Crippen molar-refractivity contribution in [2.45, 2.75) is 32.7 Å². The zero-order valence-electron chi connectivity index (χ0n) is 12.7. The van der Waals surface area contributed by atoms with Gasteiger partial charge in [-0.05, 0) is 57.0 Å². The summed E-state index contributed by atoms with van der Waals surface area (Å²) in [6.07, 6.45) is 0.940. The van der Waals surface area contributed by atoms with Gasteiger partial charge in [0.25, 0.3) is 0 Å². The second kappa shape index (κ2) is 6.78. The summed E-state index contributed by atoms with van der Waals surface area (Å²) >= 11 is 0. The molecular weight excluding hydrogens is 240 g/mol. The lowest BCUT2D eigenvalue weighted by atomic mass is 10.0. The van der Waals surface area contributed by atoms with Gasteiger partial charge in [0.15, 0.2) is 11.5 Å². The van der Waals surface area contributed by atoms with Crippen LogP contribution in [0.1, 0.15) is 25.0 Å². The lowest BCUT2D eigenvalue weighted by Gasteiger charge is -2.24. The van der Waals surface area contributed by atoms with E-state index in [1.165, 1.54) is 11.1 Å². The van der Waals surface area contributed by atoms with Crippen LogP contribution in [0, 0.1) is 6.92 Å². The van der Waals surface area contributed by atoms with E-state index >= 15 is 0 Å². The molecule has 0 amide bonds. The van der Waals surface area contributed by atoms with Crippen molar-refractivity contribution in [3.05, 3.63) is 23.3 Å². The van der Waals surface area contributed by atoms with E-state index < -0.39 is 0 Å². The minimum Gasteiger partial charge on any atom is -0.493 e. The van der Waals surface area contributed by atoms with E-state index in [1.54, 1.807) is 14.2 Å². The molecule has 0 atom stereocenters. The van der Waals surface area contributed by atoms with E-state index in [0.29, 0.717) is 6.54 Å². The van der Waals surface area contributed by atoms with Crippen molar-refractivity contribution >= 4 is 0 Å². The van der Waals surface area contributed by atoms with Crippen LogP contribution in [-0.2, 0) is 6.42 Å². The molecule has 4 heteroatoms. The Morgan fingerprint density at radius 1 is 1.16 bits per heavy atom. The van der Waals surface area contributed by atoms with Crippen LogP contribution < -0.4 is 20.5 Å². The van der Waals surface area contributed by atoms with Crippen molar-refractivity contribution in [3.63, 3.8) is 0 Å². The molecule has 0 fully saturated rings. The highest BCUT2D eigenvalue weighted by Gasteiger charge is 2.14. The summed E-state index contributed by atoms with van der Waals surface area (Å²) in [6, 6.07) is 4.06. The Kier molecular flexibility index (Phi) is 5.63. The van der Waals surface area contributed by atoms with Crippen LogP contribution >= 0.6 is 0 Å². The number of ether oxygens (including phenoxy) is 2. The van der Waals surface area contributed by atoms with Crippen LogP contribution in [0.4, 0.5) is 0 Å². The Labute approximate surface area is 116 Å². The van der Waals surface area contributed by atoms with E-state index in [4.69, 9.17) is 15.2 Å². The molecule has 19 heavy (non-hydrogen) atoms. The summed E-state index contributed by atoms with van der Waals surface area (Å²) in [4.78, 5) is 0. The number of aryl methyl sites for hydroxylation is 1. The molecule has 0 aliphatic heterocycles. The number of benzene rings is 1. The van der Waals surface area contributed by atoms with Crippen LogP contribution in [0.5, 0.6) is 11.5 Å². The monoisotopic (exact) mass is 266 g/mol. The standard InChI is InChI=1S/C15H26N2O2/c1-11-8-13(18-4)14(19-5)9-12(11)6-7-17-15(2,3)10-16/h8-9,17H,6-7,10,16H2,1-5H3. The molecule has 0 radical (unpaired) electrons. The first-order chi connectivity index (χ1) is 8.93. The quantitative estimate of drug-likeness (QED) is 0.791. The first kappa shape index (κ1) is 15.8. The molecule has 0 aliphatic rings. The van der Waals surface area contributed by atoms with E-state index in [0.717, 1.165) is 24.5 Å². The maximum atomic E-state index is 5.70. The van der Waals surface area contributed by atoms with Crippen LogP contribution in [0.15, 0.2) is 12.1 Å². The number of hydrogen-bond acceptors (Lipinski definition) is 4. The summed E-state index contributed by atoms with van der Waals surface area (Å²) in [6.45, 7) is 7.81. The molecule has 3 N–H and O–H groups in total. The highest BCUT2D eigenvalue weighted by Crippen LogP contribution is 2.30. The van der Waals surface area contributed by atoms with E-state index in [1.807, 2.05) is 12.1 Å². The predicted molar refractivity (Wildman–Crippen MR) is 79.1 cm³/mol. The maximum absolute atomic E-state index is 5.70. The van der Waals surface area contributed by atoms with E-state index in [-0.39, 0.29) is 5.54 Å². The second-order valence-electron chi connectivity index (χ2n) is 5.40. The summed E-state index contributed by atoms with van der Waals surface area (Å²) in [5.74, 6) is 1.56. The Morgan fingerprint density at radius 2 is 1.74 bits per heavy atom. The van der Waals surface area contributed by atoms with E-state index in [2.05, 4.69) is 26.1 Å². The molecule has 0 aliphatic carbocycles. The average molecular weight is 266 g/mol. The van der Waals surface area contributed by atoms with Gasteiger partial charge in [-0.1, -0.05) is 0 Å². The number of rotatable bonds is 7. The highest BCUT2D eigenvalue weighted by atomic mass is 16.5. The lowest BCUT2D eigenvalue weighted by molar-refractivity contribution is 0.354. The summed E-state index contributed by atoms with van der Waals surface area (Å²) in [7, 11) is 3.31. The second-order valence-corrected chi connectivity index (χ2v) is 5.40. The fraction of sp³-hybridized carbons (Fsp3) is 0.600. The molecule has 1 aromatic rings. The summed E-state index contributed by atoms with van der Waals surface area (Å²) in [5, 5.41) is 3.45. The molecule has 0 saturated heterocycles. The SMILES string of the molecule is COc1cc(C)c(CCNC(C)(C)CN)cc1OC. The van der Waals surface area contributed by atoms with Gasteiger partial charge in [-0.15, -0.1) is 0 Å². The average Bonchev–Trinajstić information content (AvgIpc) is 2.40. The molecule has 0 unspecified atom stereocenters. The van der Waals surface area contributed by atoms with Gasteiger partial charge in [-0.2, -0.15) is 0 Å². The molecule has 0 heterocycles.